The van der Waals surface area contributed by atoms with Crippen LogP contribution in [0.15, 0.2) is 182 Å². The maximum atomic E-state index is 5.19. The summed E-state index contributed by atoms with van der Waals surface area (Å²) in [5, 5.41) is 0. The van der Waals surface area contributed by atoms with Crippen molar-refractivity contribution in [3.63, 3.8) is 0 Å². The predicted molar refractivity (Wildman–Crippen MR) is 244 cm³/mol. The molecule has 9 aromatic rings. The molecule has 0 amide bonds. The third-order valence-electron chi connectivity index (χ3n) is 12.4. The van der Waals surface area contributed by atoms with Crippen LogP contribution in [0.25, 0.3) is 89.9 Å². The molecular weight excluding hydrogens is 921 g/mol. The van der Waals surface area contributed by atoms with E-state index in [0.717, 1.165) is 55.8 Å². The topological polar surface area (TPSA) is 51.6 Å². The van der Waals surface area contributed by atoms with E-state index in [4.69, 9.17) is 19.9 Å². The van der Waals surface area contributed by atoms with Crippen molar-refractivity contribution >= 4 is 0 Å². The summed E-state index contributed by atoms with van der Waals surface area (Å²) in [7, 11) is 0. The Labute approximate surface area is 370 Å². The van der Waals surface area contributed by atoms with Crippen LogP contribution in [0.1, 0.15) is 47.8 Å². The minimum atomic E-state index is 0. The van der Waals surface area contributed by atoms with E-state index < -0.39 is 0 Å². The van der Waals surface area contributed by atoms with E-state index in [1.807, 2.05) is 6.20 Å². The van der Waals surface area contributed by atoms with E-state index in [-0.39, 0.29) is 20.1 Å². The fourth-order valence-electron chi connectivity index (χ4n) is 9.35. The monoisotopic (exact) mass is 962 g/mol. The minimum absolute atomic E-state index is 0. The average molecular weight is 962 g/mol. The quantitative estimate of drug-likeness (QED) is 0.142. The molecule has 2 bridgehead atoms. The maximum Gasteiger partial charge on any atom is 0.165 e. The minimum Gasteiger partial charge on any atom is -0.304 e. The van der Waals surface area contributed by atoms with E-state index in [0.29, 0.717) is 29.3 Å². The van der Waals surface area contributed by atoms with Crippen molar-refractivity contribution < 1.29 is 20.1 Å². The molecule has 2 unspecified atom stereocenters. The molecule has 2 heterocycles. The second-order valence-electron chi connectivity index (χ2n) is 16.2. The molecule has 7 aromatic carbocycles. The van der Waals surface area contributed by atoms with Crippen molar-refractivity contribution in [2.75, 3.05) is 0 Å². The van der Waals surface area contributed by atoms with Gasteiger partial charge in [0.25, 0.3) is 0 Å². The summed E-state index contributed by atoms with van der Waals surface area (Å²) in [5.74, 6) is 3.18. The average Bonchev–Trinajstić information content (AvgIpc) is 3.95. The van der Waals surface area contributed by atoms with E-state index in [9.17, 15) is 0 Å². The van der Waals surface area contributed by atoms with Crippen LogP contribution in [0, 0.1) is 13.0 Å². The van der Waals surface area contributed by atoms with Gasteiger partial charge in [-0.3, -0.25) is 0 Å². The Morgan fingerprint density at radius 2 is 0.836 bits per heavy atom. The molecular formula is C56H41IrN4-. The fraction of sp³-hybridized carbons (Fsp3) is 0.107. The Morgan fingerprint density at radius 3 is 1.33 bits per heavy atom. The first-order chi connectivity index (χ1) is 29.6. The van der Waals surface area contributed by atoms with Crippen molar-refractivity contribution in [2.45, 2.75) is 38.0 Å². The number of aryl methyl sites for hydroxylation is 1. The van der Waals surface area contributed by atoms with Gasteiger partial charge in [-0.05, 0) is 106 Å². The Balaban J connectivity index is 0.00000445. The number of nitrogens with zero attached hydrogens (tertiary/aromatic N) is 4. The van der Waals surface area contributed by atoms with Crippen LogP contribution in [-0.2, 0) is 20.1 Å². The van der Waals surface area contributed by atoms with Gasteiger partial charge in [-0.25, -0.2) is 15.0 Å². The second kappa shape index (κ2) is 16.4. The van der Waals surface area contributed by atoms with Crippen molar-refractivity contribution in [3.05, 3.63) is 205 Å². The molecule has 2 aliphatic rings. The summed E-state index contributed by atoms with van der Waals surface area (Å²) in [5.41, 5.74) is 17.9. The predicted octanol–water partition coefficient (Wildman–Crippen LogP) is 14.1. The van der Waals surface area contributed by atoms with Crippen LogP contribution in [-0.4, -0.2) is 19.9 Å². The first-order valence-corrected chi connectivity index (χ1v) is 20.9. The van der Waals surface area contributed by atoms with Crippen molar-refractivity contribution in [2.24, 2.45) is 0 Å². The maximum absolute atomic E-state index is 5.19. The molecule has 0 saturated heterocycles. The number of hydrogen-bond donors (Lipinski definition) is 0. The molecule has 4 nitrogen and oxygen atoms in total. The molecule has 1 saturated carbocycles. The molecule has 0 aliphatic heterocycles. The molecule has 0 N–H and O–H groups in total. The summed E-state index contributed by atoms with van der Waals surface area (Å²) >= 11 is 0. The molecule has 2 aliphatic carbocycles. The first kappa shape index (κ1) is 38.5. The Hall–Kier alpha value is -6.65. The van der Waals surface area contributed by atoms with Crippen LogP contribution in [0.4, 0.5) is 0 Å². The first-order valence-electron chi connectivity index (χ1n) is 20.9. The number of aromatic nitrogens is 4. The molecule has 1 radical (unpaired) electrons. The number of rotatable bonds is 8. The van der Waals surface area contributed by atoms with Crippen LogP contribution < -0.4 is 0 Å². The molecule has 5 heteroatoms. The summed E-state index contributed by atoms with van der Waals surface area (Å²) < 4.78 is 0. The number of hydrogen-bond acceptors (Lipinski definition) is 4. The van der Waals surface area contributed by atoms with Crippen LogP contribution in [0.2, 0.25) is 0 Å². The summed E-state index contributed by atoms with van der Waals surface area (Å²) in [4.78, 5) is 20.6. The van der Waals surface area contributed by atoms with Gasteiger partial charge in [-0.15, -0.1) is 34.9 Å². The Morgan fingerprint density at radius 1 is 0.426 bits per heavy atom. The third kappa shape index (κ3) is 7.57. The second-order valence-corrected chi connectivity index (χ2v) is 16.2. The van der Waals surface area contributed by atoms with Gasteiger partial charge >= 0.3 is 0 Å². The van der Waals surface area contributed by atoms with Gasteiger partial charge in [0.05, 0.1) is 0 Å². The van der Waals surface area contributed by atoms with Crippen LogP contribution in [0.5, 0.6) is 0 Å². The summed E-state index contributed by atoms with van der Waals surface area (Å²) in [6.07, 6.45) is 5.80. The number of fused-ring (bicyclic) bond motifs is 5. The van der Waals surface area contributed by atoms with Gasteiger partial charge in [0.2, 0.25) is 0 Å². The number of benzene rings is 7. The zero-order valence-corrected chi connectivity index (χ0v) is 36.1. The van der Waals surface area contributed by atoms with E-state index >= 15 is 0 Å². The molecule has 295 valence electrons. The molecule has 11 rings (SSSR count). The summed E-state index contributed by atoms with van der Waals surface area (Å²) in [6.45, 7) is 2.13. The van der Waals surface area contributed by atoms with Gasteiger partial charge in [-0.2, -0.15) is 0 Å². The largest absolute Gasteiger partial charge is 0.304 e. The van der Waals surface area contributed by atoms with Gasteiger partial charge in [-0.1, -0.05) is 152 Å². The fourth-order valence-corrected chi connectivity index (χ4v) is 9.35. The smallest absolute Gasteiger partial charge is 0.165 e. The van der Waals surface area contributed by atoms with E-state index in [1.54, 1.807) is 0 Å². The van der Waals surface area contributed by atoms with Crippen molar-refractivity contribution in [3.8, 4) is 89.9 Å². The normalized spacial score (nSPS) is 15.0. The Bertz CT molecular complexity index is 2910. The molecule has 2 atom stereocenters. The van der Waals surface area contributed by atoms with Gasteiger partial charge < -0.3 is 4.98 Å². The van der Waals surface area contributed by atoms with Gasteiger partial charge in [0.15, 0.2) is 17.5 Å². The number of pyridine rings is 1. The van der Waals surface area contributed by atoms with Crippen molar-refractivity contribution in [1.29, 1.82) is 0 Å². The third-order valence-corrected chi connectivity index (χ3v) is 12.4. The molecule has 2 aromatic heterocycles. The van der Waals surface area contributed by atoms with Crippen molar-refractivity contribution in [1.82, 2.24) is 19.9 Å². The zero-order valence-electron chi connectivity index (χ0n) is 33.7. The van der Waals surface area contributed by atoms with E-state index in [1.165, 1.54) is 52.6 Å². The summed E-state index contributed by atoms with van der Waals surface area (Å²) in [6, 6.07) is 65.7. The molecule has 61 heavy (non-hydrogen) atoms. The van der Waals surface area contributed by atoms with Crippen LogP contribution in [0.3, 0.4) is 0 Å². The Kier molecular flexibility index (Phi) is 10.4. The van der Waals surface area contributed by atoms with Gasteiger partial charge in [0.1, 0.15) is 0 Å². The van der Waals surface area contributed by atoms with E-state index in [2.05, 4.69) is 189 Å². The molecule has 0 spiro atoms. The zero-order chi connectivity index (χ0) is 40.0. The standard InChI is InChI=1S/C56H41N4.Ir/c1-36-28-50(35-57-53(36)47-26-27-51-45-24-25-46(33-45)52(51)34-47)56-59-54(48-22-10-20-43(31-48)41-18-8-16-39(29-41)37-12-4-2-5-13-37)58-55(60-56)49-23-11-21-44(32-49)42-19-9-17-40(30-42)38-14-6-3-7-15-38;/h2-23,27-32,34-35,45-46H,24-25,33H2,1H3;/q-1;. The SMILES string of the molecule is Cc1cc(-c2nc(-c3cccc(-c4cccc(-c5ccccc5)c4)c3)nc(-c3cccc(-c4cccc(-c5ccccc5)c4)c3)n2)cnc1-c1[c-]cc2c(c1)C1CCC2C1.[Ir]. The van der Waals surface area contributed by atoms with Crippen LogP contribution >= 0.6 is 0 Å². The molecule has 1 fully saturated rings. The van der Waals surface area contributed by atoms with Gasteiger partial charge in [0, 0.05) is 43.0 Å².